The summed E-state index contributed by atoms with van der Waals surface area (Å²) < 4.78 is 33.7. The number of nitrogens with zero attached hydrogens (tertiary/aromatic N) is 1. The molecule has 2 unspecified atom stereocenters. The number of ether oxygens (including phenoxy) is 6. The number of rotatable bonds is 9. The summed E-state index contributed by atoms with van der Waals surface area (Å²) in [6.45, 7) is 2.39. The third-order valence-corrected chi connectivity index (χ3v) is 6.65. The summed E-state index contributed by atoms with van der Waals surface area (Å²) in [6, 6.07) is 14.5. The predicted octanol–water partition coefficient (Wildman–Crippen LogP) is 4.42. The molecular weight excluding hydrogens is 478 g/mol. The Morgan fingerprint density at radius 2 is 1.59 bits per heavy atom. The highest BCUT2D eigenvalue weighted by Gasteiger charge is 2.42. The van der Waals surface area contributed by atoms with Crippen molar-refractivity contribution in [2.24, 2.45) is 0 Å². The van der Waals surface area contributed by atoms with E-state index in [9.17, 15) is 9.90 Å². The molecule has 5 rings (SSSR count). The molecule has 0 spiro atoms. The van der Waals surface area contributed by atoms with Gasteiger partial charge < -0.3 is 33.5 Å². The van der Waals surface area contributed by atoms with Gasteiger partial charge in [0.1, 0.15) is 5.75 Å². The Bertz CT molecular complexity index is 1300. The quantitative estimate of drug-likeness (QED) is 0.452. The van der Waals surface area contributed by atoms with Crippen molar-refractivity contribution in [1.29, 1.82) is 0 Å². The van der Waals surface area contributed by atoms with Gasteiger partial charge in [0, 0.05) is 0 Å². The van der Waals surface area contributed by atoms with E-state index in [1.165, 1.54) is 0 Å². The van der Waals surface area contributed by atoms with Crippen LogP contribution in [0, 0.1) is 0 Å². The van der Waals surface area contributed by atoms with Crippen LogP contribution in [0.2, 0.25) is 0 Å². The van der Waals surface area contributed by atoms with E-state index in [1.54, 1.807) is 21.3 Å². The SMILES string of the molecule is CCOc1ccc2c(c1)C(c1cc(OC)c(OC)c(OC)c1)N(CC(=O)O)C2c1ccc2c(c1)OCO2. The molecule has 0 fully saturated rings. The summed E-state index contributed by atoms with van der Waals surface area (Å²) in [5, 5.41) is 9.98. The Labute approximate surface area is 215 Å². The van der Waals surface area contributed by atoms with Gasteiger partial charge in [-0.3, -0.25) is 9.69 Å². The maximum atomic E-state index is 12.2. The van der Waals surface area contributed by atoms with Crippen LogP contribution in [0.15, 0.2) is 48.5 Å². The second-order valence-electron chi connectivity index (χ2n) is 8.67. The zero-order chi connectivity index (χ0) is 26.1. The normalized spacial score (nSPS) is 17.8. The average molecular weight is 508 g/mol. The van der Waals surface area contributed by atoms with E-state index in [2.05, 4.69) is 0 Å². The number of carboxylic acids is 1. The Hall–Kier alpha value is -4.11. The molecule has 0 saturated heterocycles. The highest BCUT2D eigenvalue weighted by atomic mass is 16.7. The molecule has 2 aliphatic rings. The Kier molecular flexibility index (Phi) is 6.71. The summed E-state index contributed by atoms with van der Waals surface area (Å²) in [5.74, 6) is 2.51. The Balaban J connectivity index is 1.72. The third-order valence-electron chi connectivity index (χ3n) is 6.65. The van der Waals surface area contributed by atoms with E-state index in [0.717, 1.165) is 22.3 Å². The van der Waals surface area contributed by atoms with Crippen molar-refractivity contribution in [3.05, 3.63) is 70.8 Å². The molecule has 194 valence electrons. The van der Waals surface area contributed by atoms with Gasteiger partial charge in [-0.25, -0.2) is 0 Å². The second kappa shape index (κ2) is 10.1. The van der Waals surface area contributed by atoms with Crippen LogP contribution in [0.4, 0.5) is 0 Å². The van der Waals surface area contributed by atoms with E-state index >= 15 is 0 Å². The topological polar surface area (TPSA) is 95.9 Å². The largest absolute Gasteiger partial charge is 0.494 e. The molecule has 0 amide bonds. The van der Waals surface area contributed by atoms with Crippen LogP contribution in [0.3, 0.4) is 0 Å². The molecule has 0 aliphatic carbocycles. The van der Waals surface area contributed by atoms with E-state index in [-0.39, 0.29) is 19.4 Å². The molecule has 37 heavy (non-hydrogen) atoms. The van der Waals surface area contributed by atoms with Crippen LogP contribution in [-0.4, -0.2) is 57.2 Å². The number of methoxy groups -OCH3 is 3. The Morgan fingerprint density at radius 3 is 2.24 bits per heavy atom. The molecule has 2 heterocycles. The zero-order valence-corrected chi connectivity index (χ0v) is 21.1. The van der Waals surface area contributed by atoms with Crippen molar-refractivity contribution < 1.29 is 38.3 Å². The summed E-state index contributed by atoms with van der Waals surface area (Å²) in [4.78, 5) is 14.1. The molecule has 2 aliphatic heterocycles. The lowest BCUT2D eigenvalue weighted by Gasteiger charge is -2.30. The van der Waals surface area contributed by atoms with Crippen LogP contribution in [0.5, 0.6) is 34.5 Å². The highest BCUT2D eigenvalue weighted by Crippen LogP contribution is 2.52. The minimum absolute atomic E-state index is 0.157. The molecule has 2 atom stereocenters. The van der Waals surface area contributed by atoms with E-state index in [0.29, 0.717) is 41.1 Å². The number of carboxylic acid groups (broad SMARTS) is 1. The third kappa shape index (κ3) is 4.35. The predicted molar refractivity (Wildman–Crippen MR) is 134 cm³/mol. The number of fused-ring (bicyclic) bond motifs is 2. The van der Waals surface area contributed by atoms with Crippen molar-refractivity contribution in [3.63, 3.8) is 0 Å². The van der Waals surface area contributed by atoms with Gasteiger partial charge >= 0.3 is 5.97 Å². The highest BCUT2D eigenvalue weighted by molar-refractivity contribution is 5.70. The molecule has 3 aromatic carbocycles. The van der Waals surface area contributed by atoms with Gasteiger partial charge in [0.2, 0.25) is 12.5 Å². The van der Waals surface area contributed by atoms with Crippen molar-refractivity contribution in [2.75, 3.05) is 41.3 Å². The van der Waals surface area contributed by atoms with Gasteiger partial charge in [0.15, 0.2) is 23.0 Å². The minimum Gasteiger partial charge on any atom is -0.494 e. The fraction of sp³-hybridized carbons (Fsp3) is 0.321. The monoisotopic (exact) mass is 507 g/mol. The fourth-order valence-corrected chi connectivity index (χ4v) is 5.22. The maximum Gasteiger partial charge on any atom is 0.317 e. The summed E-state index contributed by atoms with van der Waals surface area (Å²) in [5.41, 5.74) is 3.60. The fourth-order valence-electron chi connectivity index (χ4n) is 5.22. The lowest BCUT2D eigenvalue weighted by Crippen LogP contribution is -2.33. The molecule has 0 aromatic heterocycles. The number of hydrogen-bond donors (Lipinski definition) is 1. The summed E-state index contributed by atoms with van der Waals surface area (Å²) >= 11 is 0. The molecule has 1 N–H and O–H groups in total. The van der Waals surface area contributed by atoms with Crippen LogP contribution in [0.25, 0.3) is 0 Å². The molecular formula is C28H29NO8. The molecule has 9 heteroatoms. The standard InChI is InChI=1S/C28H29NO8/c1-5-35-18-7-8-19-20(13-18)27(17-11-23(32-2)28(34-4)24(12-17)33-3)29(14-25(30)31)26(19)16-6-9-21-22(10-16)37-15-36-21/h6-13,26-27H,5,14-15H2,1-4H3,(H,30,31). The second-order valence-corrected chi connectivity index (χ2v) is 8.67. The van der Waals surface area contributed by atoms with Crippen molar-refractivity contribution in [2.45, 2.75) is 19.0 Å². The first kappa shape index (κ1) is 24.6. The summed E-state index contributed by atoms with van der Waals surface area (Å²) in [7, 11) is 4.66. The number of carbonyl (C=O) groups is 1. The van der Waals surface area contributed by atoms with Crippen LogP contribution >= 0.6 is 0 Å². The van der Waals surface area contributed by atoms with Crippen molar-refractivity contribution in [1.82, 2.24) is 4.90 Å². The first-order valence-electron chi connectivity index (χ1n) is 11.9. The lowest BCUT2D eigenvalue weighted by atomic mass is 9.94. The molecule has 0 saturated carbocycles. The summed E-state index contributed by atoms with van der Waals surface area (Å²) in [6.07, 6.45) is 0. The smallest absolute Gasteiger partial charge is 0.317 e. The molecule has 9 nitrogen and oxygen atoms in total. The number of aliphatic carboxylic acids is 1. The van der Waals surface area contributed by atoms with Gasteiger partial charge in [-0.15, -0.1) is 0 Å². The van der Waals surface area contributed by atoms with Crippen LogP contribution in [-0.2, 0) is 4.79 Å². The number of hydrogen-bond acceptors (Lipinski definition) is 8. The van der Waals surface area contributed by atoms with Gasteiger partial charge in [-0.2, -0.15) is 0 Å². The average Bonchev–Trinajstić information content (AvgIpc) is 3.49. The molecule has 0 radical (unpaired) electrons. The van der Waals surface area contributed by atoms with Gasteiger partial charge in [-0.05, 0) is 65.6 Å². The van der Waals surface area contributed by atoms with Crippen molar-refractivity contribution in [3.8, 4) is 34.5 Å². The Morgan fingerprint density at radius 1 is 0.892 bits per heavy atom. The zero-order valence-electron chi connectivity index (χ0n) is 21.1. The first-order chi connectivity index (χ1) is 18.0. The molecule has 3 aromatic rings. The van der Waals surface area contributed by atoms with Gasteiger partial charge in [0.25, 0.3) is 0 Å². The van der Waals surface area contributed by atoms with E-state index in [4.69, 9.17) is 28.4 Å². The number of benzene rings is 3. The van der Waals surface area contributed by atoms with E-state index in [1.807, 2.05) is 60.4 Å². The first-order valence-corrected chi connectivity index (χ1v) is 11.9. The van der Waals surface area contributed by atoms with Crippen LogP contribution in [0.1, 0.15) is 41.3 Å². The van der Waals surface area contributed by atoms with E-state index < -0.39 is 12.0 Å². The van der Waals surface area contributed by atoms with Crippen LogP contribution < -0.4 is 28.4 Å². The van der Waals surface area contributed by atoms with Gasteiger partial charge in [-0.1, -0.05) is 12.1 Å². The van der Waals surface area contributed by atoms with Crippen molar-refractivity contribution >= 4 is 5.97 Å². The maximum absolute atomic E-state index is 12.2. The lowest BCUT2D eigenvalue weighted by molar-refractivity contribution is -0.139. The molecule has 0 bridgehead atoms. The van der Waals surface area contributed by atoms with Gasteiger partial charge in [0.05, 0.1) is 46.6 Å². The minimum atomic E-state index is -0.943.